The maximum absolute atomic E-state index is 6.03. The number of hydrogen-bond donors (Lipinski definition) is 2. The highest BCUT2D eigenvalue weighted by Crippen LogP contribution is 2.15. The number of benzene rings is 1. The number of nitrogens with two attached hydrogens (primary N) is 2. The highest BCUT2D eigenvalue weighted by atomic mass is 16.5. The molecule has 1 unspecified atom stereocenters. The SMILES string of the molecule is Nc1noc(CCC(N)c2ccccc2)n1. The molecule has 0 bridgehead atoms. The Balaban J connectivity index is 1.91. The van der Waals surface area contributed by atoms with Crippen LogP contribution in [0.1, 0.15) is 23.9 Å². The third-order valence-corrected chi connectivity index (χ3v) is 2.38. The van der Waals surface area contributed by atoms with Gasteiger partial charge in [-0.3, -0.25) is 0 Å². The molecule has 4 N–H and O–H groups in total. The summed E-state index contributed by atoms with van der Waals surface area (Å²) in [7, 11) is 0. The first kappa shape index (κ1) is 10.6. The molecule has 84 valence electrons. The first-order valence-electron chi connectivity index (χ1n) is 5.14. The van der Waals surface area contributed by atoms with Crippen molar-refractivity contribution >= 4 is 5.95 Å². The van der Waals surface area contributed by atoms with E-state index in [4.69, 9.17) is 16.0 Å². The molecule has 16 heavy (non-hydrogen) atoms. The van der Waals surface area contributed by atoms with Crippen molar-refractivity contribution in [1.29, 1.82) is 0 Å². The lowest BCUT2D eigenvalue weighted by atomic mass is 10.0. The fourth-order valence-electron chi connectivity index (χ4n) is 1.52. The first-order chi connectivity index (χ1) is 7.75. The zero-order valence-corrected chi connectivity index (χ0v) is 8.84. The summed E-state index contributed by atoms with van der Waals surface area (Å²) in [5.74, 6) is 0.701. The Hall–Kier alpha value is -1.88. The summed E-state index contributed by atoms with van der Waals surface area (Å²) in [5.41, 5.74) is 12.5. The number of aromatic nitrogens is 2. The van der Waals surface area contributed by atoms with Gasteiger partial charge in [0.15, 0.2) is 0 Å². The molecule has 0 aliphatic carbocycles. The summed E-state index contributed by atoms with van der Waals surface area (Å²) in [6, 6.07) is 9.91. The number of nitrogen functional groups attached to an aromatic ring is 1. The van der Waals surface area contributed by atoms with E-state index in [-0.39, 0.29) is 12.0 Å². The van der Waals surface area contributed by atoms with Crippen LogP contribution in [0.15, 0.2) is 34.9 Å². The zero-order chi connectivity index (χ0) is 11.4. The molecule has 0 fully saturated rings. The van der Waals surface area contributed by atoms with Gasteiger partial charge in [0.05, 0.1) is 0 Å². The van der Waals surface area contributed by atoms with Crippen molar-refractivity contribution in [3.8, 4) is 0 Å². The molecule has 0 aliphatic rings. The van der Waals surface area contributed by atoms with E-state index in [1.54, 1.807) is 0 Å². The standard InChI is InChI=1S/C11H14N4O/c12-9(8-4-2-1-3-5-8)6-7-10-14-11(13)15-16-10/h1-5,9H,6-7,12H2,(H2,13,15). The molecular formula is C11H14N4O. The Morgan fingerprint density at radius 3 is 2.62 bits per heavy atom. The number of anilines is 1. The van der Waals surface area contributed by atoms with Crippen LogP contribution in [0.5, 0.6) is 0 Å². The van der Waals surface area contributed by atoms with E-state index in [9.17, 15) is 0 Å². The first-order valence-corrected chi connectivity index (χ1v) is 5.14. The van der Waals surface area contributed by atoms with Crippen molar-refractivity contribution in [3.63, 3.8) is 0 Å². The zero-order valence-electron chi connectivity index (χ0n) is 8.84. The van der Waals surface area contributed by atoms with E-state index in [0.717, 1.165) is 12.0 Å². The predicted molar refractivity (Wildman–Crippen MR) is 60.4 cm³/mol. The van der Waals surface area contributed by atoms with Gasteiger partial charge < -0.3 is 16.0 Å². The summed E-state index contributed by atoms with van der Waals surface area (Å²) >= 11 is 0. The molecule has 0 radical (unpaired) electrons. The van der Waals surface area contributed by atoms with Crippen LogP contribution >= 0.6 is 0 Å². The Kier molecular flexibility index (Phi) is 3.16. The van der Waals surface area contributed by atoms with Crippen LogP contribution in [0, 0.1) is 0 Å². The van der Waals surface area contributed by atoms with Gasteiger partial charge >= 0.3 is 0 Å². The van der Waals surface area contributed by atoms with Gasteiger partial charge in [-0.2, -0.15) is 4.98 Å². The quantitative estimate of drug-likeness (QED) is 0.806. The van der Waals surface area contributed by atoms with Crippen molar-refractivity contribution in [2.75, 3.05) is 5.73 Å². The van der Waals surface area contributed by atoms with Gasteiger partial charge in [-0.15, -0.1) is 0 Å². The van der Waals surface area contributed by atoms with Crippen molar-refractivity contribution in [1.82, 2.24) is 10.1 Å². The maximum atomic E-state index is 6.03. The molecule has 0 aliphatic heterocycles. The summed E-state index contributed by atoms with van der Waals surface area (Å²) in [6.45, 7) is 0. The molecule has 0 saturated heterocycles. The highest BCUT2D eigenvalue weighted by molar-refractivity contribution is 5.18. The molecule has 0 amide bonds. The van der Waals surface area contributed by atoms with E-state index < -0.39 is 0 Å². The Morgan fingerprint density at radius 2 is 2.00 bits per heavy atom. The lowest BCUT2D eigenvalue weighted by Crippen LogP contribution is -2.11. The van der Waals surface area contributed by atoms with E-state index in [2.05, 4.69) is 10.1 Å². The second kappa shape index (κ2) is 4.76. The molecule has 0 spiro atoms. The van der Waals surface area contributed by atoms with Gasteiger partial charge in [0.1, 0.15) is 0 Å². The second-order valence-corrected chi connectivity index (χ2v) is 3.60. The van der Waals surface area contributed by atoms with Crippen LogP contribution in [0.3, 0.4) is 0 Å². The van der Waals surface area contributed by atoms with E-state index in [1.165, 1.54) is 0 Å². The number of aryl methyl sites for hydroxylation is 1. The minimum atomic E-state index is -0.0191. The van der Waals surface area contributed by atoms with Crippen LogP contribution < -0.4 is 11.5 Å². The van der Waals surface area contributed by atoms with E-state index in [0.29, 0.717) is 12.3 Å². The second-order valence-electron chi connectivity index (χ2n) is 3.60. The minimum Gasteiger partial charge on any atom is -0.365 e. The summed E-state index contributed by atoms with van der Waals surface area (Å²) in [6.07, 6.45) is 1.39. The molecule has 1 heterocycles. The lowest BCUT2D eigenvalue weighted by Gasteiger charge is -2.09. The van der Waals surface area contributed by atoms with Gasteiger partial charge in [0, 0.05) is 12.5 Å². The van der Waals surface area contributed by atoms with Crippen LogP contribution in [0.2, 0.25) is 0 Å². The van der Waals surface area contributed by atoms with Crippen LogP contribution in [0.25, 0.3) is 0 Å². The van der Waals surface area contributed by atoms with Gasteiger partial charge in [-0.25, -0.2) is 0 Å². The third-order valence-electron chi connectivity index (χ3n) is 2.38. The maximum Gasteiger partial charge on any atom is 0.260 e. The third kappa shape index (κ3) is 2.58. The molecule has 1 aromatic carbocycles. The molecule has 1 atom stereocenters. The fourth-order valence-corrected chi connectivity index (χ4v) is 1.52. The topological polar surface area (TPSA) is 91.0 Å². The number of rotatable bonds is 4. The lowest BCUT2D eigenvalue weighted by molar-refractivity contribution is 0.372. The van der Waals surface area contributed by atoms with Crippen LogP contribution in [0.4, 0.5) is 5.95 Å². The average Bonchev–Trinajstić information content (AvgIpc) is 2.73. The summed E-state index contributed by atoms with van der Waals surface area (Å²) in [5, 5.41) is 3.52. The number of hydrogen-bond acceptors (Lipinski definition) is 5. The Morgan fingerprint density at radius 1 is 1.25 bits per heavy atom. The molecule has 5 nitrogen and oxygen atoms in total. The van der Waals surface area contributed by atoms with Crippen molar-refractivity contribution in [2.24, 2.45) is 5.73 Å². The van der Waals surface area contributed by atoms with Gasteiger partial charge in [-0.05, 0) is 17.1 Å². The van der Waals surface area contributed by atoms with Crippen molar-refractivity contribution in [2.45, 2.75) is 18.9 Å². The highest BCUT2D eigenvalue weighted by Gasteiger charge is 2.09. The van der Waals surface area contributed by atoms with E-state index in [1.807, 2.05) is 30.3 Å². The molecular weight excluding hydrogens is 204 g/mol. The van der Waals surface area contributed by atoms with Crippen molar-refractivity contribution < 1.29 is 4.52 Å². The van der Waals surface area contributed by atoms with Gasteiger partial charge in [0.25, 0.3) is 5.95 Å². The van der Waals surface area contributed by atoms with Gasteiger partial charge in [0.2, 0.25) is 5.89 Å². The van der Waals surface area contributed by atoms with Gasteiger partial charge in [-0.1, -0.05) is 30.3 Å². The fraction of sp³-hybridized carbons (Fsp3) is 0.273. The number of nitrogens with zero attached hydrogens (tertiary/aromatic N) is 2. The summed E-state index contributed by atoms with van der Waals surface area (Å²) < 4.78 is 4.91. The van der Waals surface area contributed by atoms with Crippen LogP contribution in [-0.4, -0.2) is 10.1 Å². The Bertz CT molecular complexity index is 440. The summed E-state index contributed by atoms with van der Waals surface area (Å²) in [4.78, 5) is 3.92. The minimum absolute atomic E-state index is 0.0191. The normalized spacial score (nSPS) is 12.6. The van der Waals surface area contributed by atoms with Crippen molar-refractivity contribution in [3.05, 3.63) is 41.8 Å². The monoisotopic (exact) mass is 218 g/mol. The average molecular weight is 218 g/mol. The van der Waals surface area contributed by atoms with Crippen LogP contribution in [-0.2, 0) is 6.42 Å². The Labute approximate surface area is 93.4 Å². The molecule has 2 rings (SSSR count). The van der Waals surface area contributed by atoms with E-state index >= 15 is 0 Å². The molecule has 2 aromatic rings. The largest absolute Gasteiger partial charge is 0.365 e. The predicted octanol–water partition coefficient (Wildman–Crippen LogP) is 1.28. The smallest absolute Gasteiger partial charge is 0.260 e. The molecule has 0 saturated carbocycles. The molecule has 1 aromatic heterocycles. The molecule has 5 heteroatoms.